The zero-order chi connectivity index (χ0) is 21.1. The molecular weight excluding hydrogens is 406 g/mol. The molecule has 0 bridgehead atoms. The van der Waals surface area contributed by atoms with Gasteiger partial charge in [-0.2, -0.15) is 5.10 Å². The summed E-state index contributed by atoms with van der Waals surface area (Å²) in [7, 11) is 3.19. The van der Waals surface area contributed by atoms with E-state index < -0.39 is 0 Å². The Labute approximate surface area is 179 Å². The molecule has 0 atom stereocenters. The quantitative estimate of drug-likeness (QED) is 0.621. The fraction of sp³-hybridized carbons (Fsp3) is 0.273. The minimum atomic E-state index is -0.107. The first-order valence-corrected chi connectivity index (χ1v) is 9.94. The number of morpholine rings is 1. The number of amides is 1. The molecule has 0 saturated carbocycles. The van der Waals surface area contributed by atoms with Gasteiger partial charge in [0.05, 0.1) is 38.8 Å². The first-order valence-electron chi connectivity index (χ1n) is 9.56. The number of benzene rings is 2. The Bertz CT molecular complexity index is 1060. The number of ether oxygens (including phenoxy) is 3. The van der Waals surface area contributed by atoms with Crippen LogP contribution in [0.3, 0.4) is 0 Å². The van der Waals surface area contributed by atoms with E-state index >= 15 is 0 Å². The predicted octanol–water partition coefficient (Wildman–Crippen LogP) is 3.68. The van der Waals surface area contributed by atoms with Gasteiger partial charge in [-0.1, -0.05) is 17.7 Å². The molecule has 3 aromatic rings. The van der Waals surface area contributed by atoms with E-state index in [9.17, 15) is 4.79 Å². The van der Waals surface area contributed by atoms with Gasteiger partial charge in [0.2, 0.25) is 0 Å². The van der Waals surface area contributed by atoms with Crippen LogP contribution >= 0.6 is 11.6 Å². The third kappa shape index (κ3) is 3.99. The molecule has 1 aliphatic rings. The fourth-order valence-electron chi connectivity index (χ4n) is 3.41. The molecule has 0 spiro atoms. The molecule has 1 aliphatic heterocycles. The lowest BCUT2D eigenvalue weighted by atomic mass is 10.1. The highest BCUT2D eigenvalue weighted by Gasteiger charge is 2.25. The van der Waals surface area contributed by atoms with Crippen LogP contribution in [0, 0.1) is 0 Å². The third-order valence-corrected chi connectivity index (χ3v) is 5.20. The summed E-state index contributed by atoms with van der Waals surface area (Å²) >= 11 is 6.19. The van der Waals surface area contributed by atoms with Crippen molar-refractivity contribution < 1.29 is 19.0 Å². The molecule has 8 heteroatoms. The van der Waals surface area contributed by atoms with Gasteiger partial charge in [-0.3, -0.25) is 4.79 Å². The van der Waals surface area contributed by atoms with E-state index in [-0.39, 0.29) is 5.91 Å². The molecular formula is C22H22ClN3O4. The van der Waals surface area contributed by atoms with Crippen LogP contribution in [0.15, 0.2) is 48.5 Å². The van der Waals surface area contributed by atoms with E-state index in [1.165, 1.54) is 0 Å². The Hall–Kier alpha value is -3.03. The largest absolute Gasteiger partial charge is 0.497 e. The van der Waals surface area contributed by atoms with Crippen molar-refractivity contribution in [2.75, 3.05) is 40.5 Å². The van der Waals surface area contributed by atoms with E-state index in [1.54, 1.807) is 48.1 Å². The summed E-state index contributed by atoms with van der Waals surface area (Å²) in [6.45, 7) is 2.13. The average molecular weight is 428 g/mol. The van der Waals surface area contributed by atoms with Crippen LogP contribution in [0.5, 0.6) is 11.5 Å². The Balaban J connectivity index is 1.83. The van der Waals surface area contributed by atoms with E-state index in [0.717, 1.165) is 5.56 Å². The summed E-state index contributed by atoms with van der Waals surface area (Å²) in [5.74, 6) is 1.18. The molecule has 7 nitrogen and oxygen atoms in total. The zero-order valence-electron chi connectivity index (χ0n) is 16.8. The van der Waals surface area contributed by atoms with Crippen molar-refractivity contribution in [1.29, 1.82) is 0 Å². The molecule has 4 rings (SSSR count). The van der Waals surface area contributed by atoms with Gasteiger partial charge in [-0.15, -0.1) is 0 Å². The van der Waals surface area contributed by atoms with Gasteiger partial charge in [0.1, 0.15) is 17.2 Å². The molecule has 0 radical (unpaired) electrons. The molecule has 1 aromatic heterocycles. The molecule has 0 unspecified atom stereocenters. The van der Waals surface area contributed by atoms with Crippen molar-refractivity contribution in [3.05, 3.63) is 59.2 Å². The Kier molecular flexibility index (Phi) is 5.92. The molecule has 1 saturated heterocycles. The lowest BCUT2D eigenvalue weighted by Gasteiger charge is -2.26. The molecule has 2 heterocycles. The number of rotatable bonds is 5. The molecule has 0 N–H and O–H groups in total. The van der Waals surface area contributed by atoms with Crippen molar-refractivity contribution in [2.45, 2.75) is 0 Å². The van der Waals surface area contributed by atoms with E-state index in [2.05, 4.69) is 0 Å². The summed E-state index contributed by atoms with van der Waals surface area (Å²) in [5, 5.41) is 5.30. The lowest BCUT2D eigenvalue weighted by Crippen LogP contribution is -2.41. The van der Waals surface area contributed by atoms with Crippen molar-refractivity contribution in [1.82, 2.24) is 14.7 Å². The maximum Gasteiger partial charge on any atom is 0.272 e. The van der Waals surface area contributed by atoms with Gasteiger partial charge < -0.3 is 19.1 Å². The number of nitrogens with zero attached hydrogens (tertiary/aromatic N) is 3. The van der Waals surface area contributed by atoms with E-state index in [1.807, 2.05) is 24.3 Å². The summed E-state index contributed by atoms with van der Waals surface area (Å²) in [4.78, 5) is 15.1. The molecule has 156 valence electrons. The zero-order valence-corrected chi connectivity index (χ0v) is 17.6. The minimum Gasteiger partial charge on any atom is -0.497 e. The Morgan fingerprint density at radius 3 is 2.57 bits per heavy atom. The molecule has 1 fully saturated rings. The highest BCUT2D eigenvalue weighted by atomic mass is 35.5. The number of hydrogen-bond donors (Lipinski definition) is 0. The monoisotopic (exact) mass is 427 g/mol. The topological polar surface area (TPSA) is 65.8 Å². The van der Waals surface area contributed by atoms with E-state index in [0.29, 0.717) is 59.9 Å². The van der Waals surface area contributed by atoms with Crippen LogP contribution in [0.2, 0.25) is 5.02 Å². The summed E-state index contributed by atoms with van der Waals surface area (Å²) < 4.78 is 17.8. The first-order chi connectivity index (χ1) is 14.6. The number of halogens is 1. The van der Waals surface area contributed by atoms with Crippen molar-refractivity contribution in [3.8, 4) is 28.4 Å². The maximum absolute atomic E-state index is 13.3. The fourth-order valence-corrected chi connectivity index (χ4v) is 3.59. The van der Waals surface area contributed by atoms with Crippen LogP contribution in [0.4, 0.5) is 0 Å². The van der Waals surface area contributed by atoms with Crippen LogP contribution in [0.1, 0.15) is 10.5 Å². The van der Waals surface area contributed by atoms with Crippen LogP contribution in [-0.4, -0.2) is 61.1 Å². The number of hydrogen-bond acceptors (Lipinski definition) is 5. The lowest BCUT2D eigenvalue weighted by molar-refractivity contribution is 0.0297. The number of methoxy groups -OCH3 is 2. The summed E-state index contributed by atoms with van der Waals surface area (Å²) in [6.07, 6.45) is 0. The number of aromatic nitrogens is 2. The van der Waals surface area contributed by atoms with Gasteiger partial charge in [0.25, 0.3) is 5.91 Å². The molecule has 2 aromatic carbocycles. The predicted molar refractivity (Wildman–Crippen MR) is 114 cm³/mol. The van der Waals surface area contributed by atoms with Crippen LogP contribution in [0.25, 0.3) is 16.9 Å². The number of carbonyl (C=O) groups excluding carboxylic acids is 1. The van der Waals surface area contributed by atoms with Crippen molar-refractivity contribution >= 4 is 17.5 Å². The average Bonchev–Trinajstić information content (AvgIpc) is 3.24. The van der Waals surface area contributed by atoms with Gasteiger partial charge >= 0.3 is 0 Å². The second-order valence-electron chi connectivity index (χ2n) is 6.78. The van der Waals surface area contributed by atoms with Crippen molar-refractivity contribution in [3.63, 3.8) is 0 Å². The Morgan fingerprint density at radius 2 is 1.87 bits per heavy atom. The summed E-state index contributed by atoms with van der Waals surface area (Å²) in [6, 6.07) is 14.5. The second kappa shape index (κ2) is 8.77. The van der Waals surface area contributed by atoms with Crippen molar-refractivity contribution in [2.24, 2.45) is 0 Å². The van der Waals surface area contributed by atoms with Gasteiger partial charge in [-0.25, -0.2) is 4.68 Å². The normalized spacial score (nSPS) is 13.9. The number of carbonyl (C=O) groups is 1. The van der Waals surface area contributed by atoms with Gasteiger partial charge in [0.15, 0.2) is 0 Å². The molecule has 1 amide bonds. The molecule has 30 heavy (non-hydrogen) atoms. The standard InChI is InChI=1S/C22H22ClN3O4/c1-28-17-6-7-18(21(13-17)29-2)19-14-20(22(27)25-8-10-30-11-9-25)26(24-19)16-5-3-4-15(23)12-16/h3-7,12-14H,8-11H2,1-2H3. The van der Waals surface area contributed by atoms with Gasteiger partial charge in [-0.05, 0) is 36.4 Å². The van der Waals surface area contributed by atoms with Gasteiger partial charge in [0, 0.05) is 29.7 Å². The van der Waals surface area contributed by atoms with E-state index in [4.69, 9.17) is 30.9 Å². The van der Waals surface area contributed by atoms with Crippen LogP contribution < -0.4 is 9.47 Å². The maximum atomic E-state index is 13.3. The SMILES string of the molecule is COc1ccc(-c2cc(C(=O)N3CCOCC3)n(-c3cccc(Cl)c3)n2)c(OC)c1. The second-order valence-corrected chi connectivity index (χ2v) is 7.21. The van der Waals surface area contributed by atoms with Crippen LogP contribution in [-0.2, 0) is 4.74 Å². The Morgan fingerprint density at radius 1 is 1.07 bits per heavy atom. The highest BCUT2D eigenvalue weighted by Crippen LogP contribution is 2.34. The summed E-state index contributed by atoms with van der Waals surface area (Å²) in [5.41, 5.74) is 2.53. The first kappa shape index (κ1) is 20.3. The smallest absolute Gasteiger partial charge is 0.272 e. The minimum absolute atomic E-state index is 0.107. The highest BCUT2D eigenvalue weighted by molar-refractivity contribution is 6.30. The third-order valence-electron chi connectivity index (χ3n) is 4.96. The molecule has 0 aliphatic carbocycles.